The van der Waals surface area contributed by atoms with Crippen molar-refractivity contribution in [1.82, 2.24) is 0 Å². The number of rotatable bonds is 7. The maximum Gasteiger partial charge on any atom is 0.373 e. The first-order valence-electron chi connectivity index (χ1n) is 8.30. The van der Waals surface area contributed by atoms with Crippen molar-refractivity contribution in [3.05, 3.63) is 83.4 Å². The number of ether oxygens (including phenoxy) is 2. The molecule has 0 aromatic heterocycles. The molecular formula is C21H20O6. The molecule has 1 unspecified atom stereocenters. The number of hydrogen-bond acceptors (Lipinski definition) is 6. The normalized spacial score (nSPS) is 12.6. The van der Waals surface area contributed by atoms with Gasteiger partial charge in [-0.05, 0) is 13.0 Å². The predicted molar refractivity (Wildman–Crippen MR) is 97.9 cm³/mol. The third-order valence-electron chi connectivity index (χ3n) is 3.73. The topological polar surface area (TPSA) is 89.9 Å². The van der Waals surface area contributed by atoms with Gasteiger partial charge >= 0.3 is 17.9 Å². The van der Waals surface area contributed by atoms with Gasteiger partial charge in [0.25, 0.3) is 0 Å². The minimum absolute atomic E-state index is 0.0394. The Bertz CT molecular complexity index is 871. The van der Waals surface area contributed by atoms with E-state index in [4.69, 9.17) is 9.47 Å². The van der Waals surface area contributed by atoms with E-state index in [1.165, 1.54) is 26.0 Å². The van der Waals surface area contributed by atoms with Crippen LogP contribution in [0.2, 0.25) is 0 Å². The number of aliphatic hydroxyl groups is 1. The Hall–Kier alpha value is -3.25. The van der Waals surface area contributed by atoms with Crippen molar-refractivity contribution in [1.29, 1.82) is 0 Å². The average molecular weight is 368 g/mol. The minimum Gasteiger partial charge on any atom is -0.395 e. The zero-order chi connectivity index (χ0) is 20.0. The van der Waals surface area contributed by atoms with Crippen LogP contribution in [0.1, 0.15) is 46.5 Å². The molecule has 1 N–H and O–H groups in total. The smallest absolute Gasteiger partial charge is 0.373 e. The highest BCUT2D eigenvalue weighted by Gasteiger charge is 2.36. The van der Waals surface area contributed by atoms with E-state index in [2.05, 4.69) is 6.58 Å². The molecule has 0 aliphatic heterocycles. The summed E-state index contributed by atoms with van der Waals surface area (Å²) in [6.07, 6.45) is -0.202. The van der Waals surface area contributed by atoms with Crippen molar-refractivity contribution >= 4 is 17.7 Å². The lowest BCUT2D eigenvalue weighted by molar-refractivity contribution is -0.314. The van der Waals surface area contributed by atoms with E-state index in [9.17, 15) is 19.5 Å². The highest BCUT2D eigenvalue weighted by molar-refractivity contribution is 6.14. The quantitative estimate of drug-likeness (QED) is 0.349. The van der Waals surface area contributed by atoms with Gasteiger partial charge in [0.15, 0.2) is 5.78 Å². The van der Waals surface area contributed by atoms with Gasteiger partial charge in [-0.3, -0.25) is 4.79 Å². The van der Waals surface area contributed by atoms with Crippen molar-refractivity contribution in [3.8, 4) is 0 Å². The molecule has 27 heavy (non-hydrogen) atoms. The molecule has 140 valence electrons. The molecule has 0 radical (unpaired) electrons. The van der Waals surface area contributed by atoms with Gasteiger partial charge in [-0.15, -0.1) is 0 Å². The van der Waals surface area contributed by atoms with Gasteiger partial charge in [-0.25, -0.2) is 9.59 Å². The standard InChI is InChI=1S/C21H20O6/c1-4-21(25,26-19(23)14(2)3)27-20(24)17-13-9-8-12-16(17)18(22)15-10-6-5-7-11-15/h5-13,25H,2,4H2,1,3H3. The molecule has 0 saturated heterocycles. The summed E-state index contributed by atoms with van der Waals surface area (Å²) in [5.74, 6) is -4.73. The number of carbonyl (C=O) groups is 3. The van der Waals surface area contributed by atoms with Crippen LogP contribution in [0, 0.1) is 0 Å². The molecule has 6 nitrogen and oxygen atoms in total. The molecule has 0 amide bonds. The van der Waals surface area contributed by atoms with Gasteiger partial charge in [0.1, 0.15) is 0 Å². The predicted octanol–water partition coefficient (Wildman–Crippen LogP) is 3.25. The Labute approximate surface area is 157 Å². The molecule has 6 heteroatoms. The first-order valence-corrected chi connectivity index (χ1v) is 8.30. The molecule has 0 aliphatic rings. The molecule has 0 aliphatic carbocycles. The van der Waals surface area contributed by atoms with Crippen LogP contribution in [0.15, 0.2) is 66.7 Å². The van der Waals surface area contributed by atoms with E-state index in [1.807, 2.05) is 0 Å². The van der Waals surface area contributed by atoms with Crippen LogP contribution in [0.4, 0.5) is 0 Å². The molecule has 2 rings (SSSR count). The molecule has 0 spiro atoms. The summed E-state index contributed by atoms with van der Waals surface area (Å²) in [6.45, 7) is 6.28. The molecule has 0 saturated carbocycles. The zero-order valence-corrected chi connectivity index (χ0v) is 15.1. The highest BCUT2D eigenvalue weighted by Crippen LogP contribution is 2.21. The lowest BCUT2D eigenvalue weighted by Gasteiger charge is -2.26. The Morgan fingerprint density at radius 1 is 0.963 bits per heavy atom. The van der Waals surface area contributed by atoms with Gasteiger partial charge in [0.2, 0.25) is 0 Å². The van der Waals surface area contributed by atoms with Crippen LogP contribution in [0.25, 0.3) is 0 Å². The lowest BCUT2D eigenvalue weighted by atomic mass is 9.98. The van der Waals surface area contributed by atoms with Crippen LogP contribution in [0.3, 0.4) is 0 Å². The summed E-state index contributed by atoms with van der Waals surface area (Å²) in [7, 11) is 0. The van der Waals surface area contributed by atoms with Gasteiger partial charge in [-0.1, -0.05) is 62.0 Å². The Balaban J connectivity index is 2.30. The monoisotopic (exact) mass is 368 g/mol. The second-order valence-corrected chi connectivity index (χ2v) is 5.87. The second kappa shape index (κ2) is 8.42. The molecule has 0 bridgehead atoms. The number of benzene rings is 2. The van der Waals surface area contributed by atoms with Crippen LogP contribution in [-0.2, 0) is 14.3 Å². The molecule has 2 aromatic rings. The summed E-state index contributed by atoms with van der Waals surface area (Å²) in [4.78, 5) is 37.0. The van der Waals surface area contributed by atoms with Crippen LogP contribution in [-0.4, -0.2) is 28.8 Å². The first kappa shape index (κ1) is 20.1. The minimum atomic E-state index is -2.46. The number of ketones is 1. The largest absolute Gasteiger partial charge is 0.395 e. The fraction of sp³-hybridized carbons (Fsp3) is 0.190. The summed E-state index contributed by atoms with van der Waals surface area (Å²) in [5, 5.41) is 10.3. The summed E-state index contributed by atoms with van der Waals surface area (Å²) >= 11 is 0. The van der Waals surface area contributed by atoms with Crippen molar-refractivity contribution in [2.75, 3.05) is 0 Å². The van der Waals surface area contributed by atoms with Crippen molar-refractivity contribution in [2.24, 2.45) is 0 Å². The van der Waals surface area contributed by atoms with Crippen molar-refractivity contribution in [2.45, 2.75) is 26.2 Å². The number of esters is 2. The summed E-state index contributed by atoms with van der Waals surface area (Å²) in [6, 6.07) is 14.5. The lowest BCUT2D eigenvalue weighted by Crippen LogP contribution is -2.39. The third-order valence-corrected chi connectivity index (χ3v) is 3.73. The van der Waals surface area contributed by atoms with E-state index in [0.29, 0.717) is 5.56 Å². The van der Waals surface area contributed by atoms with E-state index in [-0.39, 0.29) is 28.9 Å². The van der Waals surface area contributed by atoms with Crippen LogP contribution < -0.4 is 0 Å². The molecule has 0 heterocycles. The molecular weight excluding hydrogens is 348 g/mol. The van der Waals surface area contributed by atoms with Crippen molar-refractivity contribution < 1.29 is 29.0 Å². The van der Waals surface area contributed by atoms with E-state index < -0.39 is 17.9 Å². The highest BCUT2D eigenvalue weighted by atomic mass is 16.8. The SMILES string of the molecule is C=C(C)C(=O)OC(O)(CC)OC(=O)c1ccccc1C(=O)c1ccccc1. The first-order chi connectivity index (χ1) is 12.8. The Morgan fingerprint density at radius 3 is 2.07 bits per heavy atom. The average Bonchev–Trinajstić information content (AvgIpc) is 2.67. The fourth-order valence-electron chi connectivity index (χ4n) is 2.20. The van der Waals surface area contributed by atoms with E-state index in [1.54, 1.807) is 42.5 Å². The van der Waals surface area contributed by atoms with E-state index in [0.717, 1.165) is 0 Å². The maximum absolute atomic E-state index is 12.7. The van der Waals surface area contributed by atoms with E-state index >= 15 is 0 Å². The van der Waals surface area contributed by atoms with Crippen molar-refractivity contribution in [3.63, 3.8) is 0 Å². The second-order valence-electron chi connectivity index (χ2n) is 5.87. The number of carbonyl (C=O) groups excluding carboxylic acids is 3. The van der Waals surface area contributed by atoms with Crippen LogP contribution >= 0.6 is 0 Å². The summed E-state index contributed by atoms with van der Waals surface area (Å²) < 4.78 is 9.82. The third kappa shape index (κ3) is 4.89. The summed E-state index contributed by atoms with van der Waals surface area (Å²) in [5.41, 5.74) is 0.498. The van der Waals surface area contributed by atoms with Gasteiger partial charge in [-0.2, -0.15) is 0 Å². The fourth-order valence-corrected chi connectivity index (χ4v) is 2.20. The Kier molecular flexibility index (Phi) is 6.26. The zero-order valence-electron chi connectivity index (χ0n) is 15.1. The van der Waals surface area contributed by atoms with Gasteiger partial charge < -0.3 is 14.6 Å². The Morgan fingerprint density at radius 2 is 1.52 bits per heavy atom. The maximum atomic E-state index is 12.7. The molecule has 0 fully saturated rings. The number of hydrogen-bond donors (Lipinski definition) is 1. The molecule has 1 atom stereocenters. The molecule has 2 aromatic carbocycles. The van der Waals surface area contributed by atoms with Gasteiger partial charge in [0.05, 0.1) is 12.0 Å². The van der Waals surface area contributed by atoms with Gasteiger partial charge in [0, 0.05) is 16.7 Å². The van der Waals surface area contributed by atoms with Crippen LogP contribution in [0.5, 0.6) is 0 Å².